The van der Waals surface area contributed by atoms with Gasteiger partial charge in [-0.1, -0.05) is 31.0 Å². The number of aromatic hydroxyl groups is 1. The topological polar surface area (TPSA) is 175 Å². The van der Waals surface area contributed by atoms with Gasteiger partial charge < -0.3 is 19.7 Å². The molecule has 5 amide bonds. The number of imide groups is 2. The maximum Gasteiger partial charge on any atom is 0.266 e. The molecule has 0 bridgehead atoms. The molecule has 1 unspecified atom stereocenters. The van der Waals surface area contributed by atoms with Gasteiger partial charge in [-0.05, 0) is 55.7 Å². The lowest BCUT2D eigenvalue weighted by Crippen LogP contribution is -2.54. The van der Waals surface area contributed by atoms with Crippen LogP contribution >= 0.6 is 0 Å². The number of ether oxygens (including phenoxy) is 1. The Kier molecular flexibility index (Phi) is 8.34. The van der Waals surface area contributed by atoms with Crippen LogP contribution in [0.3, 0.4) is 0 Å². The van der Waals surface area contributed by atoms with Crippen molar-refractivity contribution in [3.8, 4) is 22.8 Å². The van der Waals surface area contributed by atoms with Gasteiger partial charge in [0.05, 0.1) is 23.4 Å². The van der Waals surface area contributed by atoms with E-state index >= 15 is 0 Å². The lowest BCUT2D eigenvalue weighted by Gasteiger charge is -2.39. The third-order valence-corrected chi connectivity index (χ3v) is 9.22. The van der Waals surface area contributed by atoms with E-state index in [9.17, 15) is 29.1 Å². The number of likely N-dealkylation sites (tertiary alicyclic amines) is 1. The van der Waals surface area contributed by atoms with Crippen molar-refractivity contribution in [1.82, 2.24) is 30.3 Å². The third-order valence-electron chi connectivity index (χ3n) is 9.22. The van der Waals surface area contributed by atoms with Crippen LogP contribution in [-0.2, 0) is 14.4 Å². The molecule has 2 fully saturated rings. The van der Waals surface area contributed by atoms with E-state index in [2.05, 4.69) is 20.5 Å². The standard InChI is InChI=1S/C35H34N6O7/c42-27-10-5-4-8-22(27)25-17-20-16-24(36-32(20)39-38-25)21-18-40(19-21)30(44)12-3-1-2-6-15-48-28-11-7-9-23-31(28)35(47)41(34(23)46)26-13-14-29(43)37-33(26)45/h4-5,7-11,16-17,21,26,42H,1-3,6,12-15,18-19H2,(H,36,39)(H,37,43,45). The molecular formula is C35H34N6O7. The molecule has 0 spiro atoms. The highest BCUT2D eigenvalue weighted by atomic mass is 16.5. The Morgan fingerprint density at radius 1 is 0.917 bits per heavy atom. The number of fused-ring (bicyclic) bond motifs is 2. The molecule has 48 heavy (non-hydrogen) atoms. The third kappa shape index (κ3) is 5.87. The van der Waals surface area contributed by atoms with Crippen molar-refractivity contribution >= 4 is 40.6 Å². The molecule has 7 rings (SSSR count). The van der Waals surface area contributed by atoms with E-state index in [1.54, 1.807) is 30.3 Å². The summed E-state index contributed by atoms with van der Waals surface area (Å²) in [6.07, 6.45) is 3.76. The monoisotopic (exact) mass is 650 g/mol. The molecular weight excluding hydrogens is 616 g/mol. The fourth-order valence-corrected chi connectivity index (χ4v) is 6.55. The molecule has 2 aromatic carbocycles. The van der Waals surface area contributed by atoms with Crippen LogP contribution in [0.4, 0.5) is 0 Å². The lowest BCUT2D eigenvalue weighted by molar-refractivity contribution is -0.137. The number of hydrogen-bond donors (Lipinski definition) is 3. The first-order chi connectivity index (χ1) is 23.3. The van der Waals surface area contributed by atoms with Gasteiger partial charge in [-0.2, -0.15) is 0 Å². The number of phenolic OH excluding ortho intramolecular Hbond substituents is 1. The smallest absolute Gasteiger partial charge is 0.266 e. The Balaban J connectivity index is 0.833. The largest absolute Gasteiger partial charge is 0.507 e. The van der Waals surface area contributed by atoms with Gasteiger partial charge in [-0.15, -0.1) is 10.2 Å². The van der Waals surface area contributed by atoms with E-state index in [-0.39, 0.29) is 41.5 Å². The van der Waals surface area contributed by atoms with Gasteiger partial charge in [-0.25, -0.2) is 0 Å². The zero-order chi connectivity index (χ0) is 33.4. The maximum absolute atomic E-state index is 13.2. The highest BCUT2D eigenvalue weighted by molar-refractivity contribution is 6.24. The van der Waals surface area contributed by atoms with E-state index in [1.165, 1.54) is 6.07 Å². The van der Waals surface area contributed by atoms with Crippen LogP contribution in [0.2, 0.25) is 0 Å². The molecule has 0 radical (unpaired) electrons. The number of hydrogen-bond acceptors (Lipinski definition) is 9. The summed E-state index contributed by atoms with van der Waals surface area (Å²) >= 11 is 0. The predicted molar refractivity (Wildman–Crippen MR) is 172 cm³/mol. The van der Waals surface area contributed by atoms with Crippen LogP contribution in [0.25, 0.3) is 22.3 Å². The van der Waals surface area contributed by atoms with Crippen molar-refractivity contribution in [3.63, 3.8) is 0 Å². The second kappa shape index (κ2) is 12.9. The summed E-state index contributed by atoms with van der Waals surface area (Å²) < 4.78 is 5.90. The van der Waals surface area contributed by atoms with E-state index in [0.717, 1.165) is 35.2 Å². The van der Waals surface area contributed by atoms with Crippen molar-refractivity contribution in [3.05, 3.63) is 71.4 Å². The quantitative estimate of drug-likeness (QED) is 0.162. The molecule has 5 heterocycles. The second-order valence-corrected chi connectivity index (χ2v) is 12.4. The SMILES string of the molecule is O=C1CCC(N2C(=O)c3cccc(OCCCCCCC(=O)N4CC(c5cc6cc(-c7ccccc7O)nnc6[nH]5)C4)c3C2=O)C(=O)N1. The molecule has 246 valence electrons. The summed E-state index contributed by atoms with van der Waals surface area (Å²) in [5.41, 5.74) is 3.22. The molecule has 4 aromatic rings. The highest BCUT2D eigenvalue weighted by Crippen LogP contribution is 2.34. The molecule has 2 aromatic heterocycles. The predicted octanol–water partition coefficient (Wildman–Crippen LogP) is 3.69. The van der Waals surface area contributed by atoms with Gasteiger partial charge in [0.25, 0.3) is 11.8 Å². The number of carbonyl (C=O) groups excluding carboxylic acids is 5. The Hall–Kier alpha value is -5.59. The lowest BCUT2D eigenvalue weighted by atomic mass is 9.95. The molecule has 2 saturated heterocycles. The number of H-pyrrole nitrogens is 1. The molecule has 3 aliphatic rings. The summed E-state index contributed by atoms with van der Waals surface area (Å²) in [7, 11) is 0. The Bertz CT molecular complexity index is 1950. The van der Waals surface area contributed by atoms with Crippen molar-refractivity contribution in [2.75, 3.05) is 19.7 Å². The van der Waals surface area contributed by atoms with Gasteiger partial charge in [0.2, 0.25) is 17.7 Å². The molecule has 13 heteroatoms. The molecule has 0 saturated carbocycles. The number of piperidine rings is 1. The van der Waals surface area contributed by atoms with Gasteiger partial charge in [0, 0.05) is 48.5 Å². The Labute approximate surface area is 275 Å². The number of carbonyl (C=O) groups is 5. The summed E-state index contributed by atoms with van der Waals surface area (Å²) in [6, 6.07) is 14.7. The number of amides is 5. The first kappa shape index (κ1) is 31.0. The van der Waals surface area contributed by atoms with Crippen LogP contribution in [-0.4, -0.2) is 85.4 Å². The number of aromatic amines is 1. The first-order valence-electron chi connectivity index (χ1n) is 16.2. The molecule has 3 N–H and O–H groups in total. The van der Waals surface area contributed by atoms with Crippen molar-refractivity contribution < 1.29 is 33.8 Å². The maximum atomic E-state index is 13.2. The van der Waals surface area contributed by atoms with Crippen molar-refractivity contribution in [1.29, 1.82) is 0 Å². The summed E-state index contributed by atoms with van der Waals surface area (Å²) in [6.45, 7) is 1.62. The van der Waals surface area contributed by atoms with E-state index in [0.29, 0.717) is 55.2 Å². The first-order valence-corrected chi connectivity index (χ1v) is 16.2. The summed E-state index contributed by atoms with van der Waals surface area (Å²) in [5, 5.41) is 21.8. The average Bonchev–Trinajstić information content (AvgIpc) is 3.58. The van der Waals surface area contributed by atoms with Crippen LogP contribution < -0.4 is 10.1 Å². The van der Waals surface area contributed by atoms with Gasteiger partial charge in [-0.3, -0.25) is 34.2 Å². The van der Waals surface area contributed by atoms with Gasteiger partial charge in [0.1, 0.15) is 17.5 Å². The summed E-state index contributed by atoms with van der Waals surface area (Å²) in [4.78, 5) is 68.9. The second-order valence-electron chi connectivity index (χ2n) is 12.4. The fraction of sp³-hybridized carbons (Fsp3) is 0.343. The molecule has 3 aliphatic heterocycles. The van der Waals surface area contributed by atoms with Gasteiger partial charge >= 0.3 is 0 Å². The minimum absolute atomic E-state index is 0.0582. The molecule has 1 atom stereocenters. The van der Waals surface area contributed by atoms with Crippen molar-refractivity contribution in [2.45, 2.75) is 56.9 Å². The van der Waals surface area contributed by atoms with Crippen LogP contribution in [0, 0.1) is 0 Å². The van der Waals surface area contributed by atoms with Crippen LogP contribution in [0.5, 0.6) is 11.5 Å². The molecule has 0 aliphatic carbocycles. The highest BCUT2D eigenvalue weighted by Gasteiger charge is 2.46. The Morgan fingerprint density at radius 3 is 2.52 bits per heavy atom. The normalized spacial score (nSPS) is 17.9. The number of nitrogens with one attached hydrogen (secondary N) is 2. The number of phenols is 1. The number of benzene rings is 2. The fourth-order valence-electron chi connectivity index (χ4n) is 6.55. The number of aromatic nitrogens is 3. The minimum Gasteiger partial charge on any atom is -0.507 e. The number of nitrogens with zero attached hydrogens (tertiary/aromatic N) is 4. The van der Waals surface area contributed by atoms with E-state index < -0.39 is 29.7 Å². The number of para-hydroxylation sites is 1. The van der Waals surface area contributed by atoms with Crippen molar-refractivity contribution in [2.24, 2.45) is 0 Å². The average molecular weight is 651 g/mol. The van der Waals surface area contributed by atoms with Gasteiger partial charge in [0.15, 0.2) is 5.65 Å². The zero-order valence-corrected chi connectivity index (χ0v) is 26.1. The number of rotatable bonds is 11. The molecule has 13 nitrogen and oxygen atoms in total. The van der Waals surface area contributed by atoms with Crippen LogP contribution in [0.1, 0.15) is 77.3 Å². The minimum atomic E-state index is -1.03. The summed E-state index contributed by atoms with van der Waals surface area (Å²) in [5.74, 6) is -1.46. The number of unbranched alkanes of at least 4 members (excludes halogenated alkanes) is 3. The van der Waals surface area contributed by atoms with Crippen LogP contribution in [0.15, 0.2) is 54.6 Å². The Morgan fingerprint density at radius 2 is 1.71 bits per heavy atom. The van der Waals surface area contributed by atoms with E-state index in [4.69, 9.17) is 4.74 Å². The van der Waals surface area contributed by atoms with E-state index in [1.807, 2.05) is 23.1 Å². The zero-order valence-electron chi connectivity index (χ0n) is 26.1.